The molecule has 0 fully saturated rings. The molecule has 0 spiro atoms. The first-order chi connectivity index (χ1) is 10.8. The van der Waals surface area contributed by atoms with E-state index >= 15 is 0 Å². The maximum Gasteiger partial charge on any atom is 0.333 e. The van der Waals surface area contributed by atoms with Gasteiger partial charge in [0.25, 0.3) is 0 Å². The SMILES string of the molecule is CSc1cccc(N(C)C(=O)Cc2c(C)nn(C(F)F)c2C)c1. The number of likely N-dealkylation sites (N-methyl/N-ethyl adjacent to an activating group) is 1. The number of halogens is 2. The average molecular weight is 339 g/mol. The minimum atomic E-state index is -2.70. The van der Waals surface area contributed by atoms with E-state index in [4.69, 9.17) is 0 Å². The van der Waals surface area contributed by atoms with E-state index in [0.717, 1.165) is 10.6 Å². The zero-order valence-corrected chi connectivity index (χ0v) is 14.3. The van der Waals surface area contributed by atoms with Crippen molar-refractivity contribution in [3.63, 3.8) is 0 Å². The van der Waals surface area contributed by atoms with E-state index in [1.807, 2.05) is 30.5 Å². The van der Waals surface area contributed by atoms with Gasteiger partial charge in [0.05, 0.1) is 12.1 Å². The molecular formula is C16H19F2N3OS. The quantitative estimate of drug-likeness (QED) is 0.777. The molecule has 0 atom stereocenters. The van der Waals surface area contributed by atoms with Crippen LogP contribution in [-0.4, -0.2) is 29.0 Å². The van der Waals surface area contributed by atoms with Crippen LogP contribution in [0.1, 0.15) is 23.5 Å². The number of benzene rings is 1. The highest BCUT2D eigenvalue weighted by atomic mass is 32.2. The number of anilines is 1. The van der Waals surface area contributed by atoms with Crippen LogP contribution in [0.25, 0.3) is 0 Å². The lowest BCUT2D eigenvalue weighted by Crippen LogP contribution is -2.28. The molecule has 2 aromatic rings. The summed E-state index contributed by atoms with van der Waals surface area (Å²) >= 11 is 1.59. The normalized spacial score (nSPS) is 11.1. The first-order valence-electron chi connectivity index (χ1n) is 7.08. The van der Waals surface area contributed by atoms with Crippen LogP contribution >= 0.6 is 11.8 Å². The smallest absolute Gasteiger partial charge is 0.315 e. The van der Waals surface area contributed by atoms with Gasteiger partial charge in [0.2, 0.25) is 5.91 Å². The van der Waals surface area contributed by atoms with E-state index in [1.54, 1.807) is 32.7 Å². The fourth-order valence-corrected chi connectivity index (χ4v) is 2.83. The highest BCUT2D eigenvalue weighted by Crippen LogP contribution is 2.24. The van der Waals surface area contributed by atoms with E-state index in [2.05, 4.69) is 5.10 Å². The zero-order valence-electron chi connectivity index (χ0n) is 13.5. The van der Waals surface area contributed by atoms with Crippen molar-refractivity contribution in [2.45, 2.75) is 31.7 Å². The van der Waals surface area contributed by atoms with Crippen molar-refractivity contribution in [3.8, 4) is 0 Å². The summed E-state index contributed by atoms with van der Waals surface area (Å²) < 4.78 is 26.4. The van der Waals surface area contributed by atoms with Crippen molar-refractivity contribution < 1.29 is 13.6 Å². The molecule has 4 nitrogen and oxygen atoms in total. The van der Waals surface area contributed by atoms with Gasteiger partial charge in [-0.15, -0.1) is 11.8 Å². The van der Waals surface area contributed by atoms with Crippen LogP contribution in [0, 0.1) is 13.8 Å². The molecule has 0 N–H and O–H groups in total. The number of amides is 1. The van der Waals surface area contributed by atoms with E-state index in [9.17, 15) is 13.6 Å². The Bertz CT molecular complexity index is 715. The molecule has 0 aliphatic heterocycles. The second-order valence-electron chi connectivity index (χ2n) is 5.20. The van der Waals surface area contributed by atoms with Crippen molar-refractivity contribution in [1.29, 1.82) is 0 Å². The van der Waals surface area contributed by atoms with E-state index in [0.29, 0.717) is 21.6 Å². The molecule has 7 heteroatoms. The number of hydrogen-bond donors (Lipinski definition) is 0. The molecule has 0 bridgehead atoms. The number of aryl methyl sites for hydroxylation is 1. The van der Waals surface area contributed by atoms with Crippen molar-refractivity contribution in [2.75, 3.05) is 18.2 Å². The lowest BCUT2D eigenvalue weighted by molar-refractivity contribution is -0.117. The number of aromatic nitrogens is 2. The summed E-state index contributed by atoms with van der Waals surface area (Å²) in [5, 5.41) is 3.81. The Morgan fingerprint density at radius 3 is 2.65 bits per heavy atom. The average Bonchev–Trinajstić information content (AvgIpc) is 2.82. The van der Waals surface area contributed by atoms with Crippen LogP contribution in [0.5, 0.6) is 0 Å². The minimum absolute atomic E-state index is 0.0460. The summed E-state index contributed by atoms with van der Waals surface area (Å²) in [5.41, 5.74) is 2.13. The Morgan fingerprint density at radius 2 is 2.09 bits per heavy atom. The van der Waals surface area contributed by atoms with Gasteiger partial charge in [-0.2, -0.15) is 13.9 Å². The fourth-order valence-electron chi connectivity index (χ4n) is 2.38. The van der Waals surface area contributed by atoms with Crippen molar-refractivity contribution in [1.82, 2.24) is 9.78 Å². The molecule has 0 unspecified atom stereocenters. The van der Waals surface area contributed by atoms with Crippen LogP contribution in [0.15, 0.2) is 29.2 Å². The summed E-state index contributed by atoms with van der Waals surface area (Å²) in [7, 11) is 1.68. The van der Waals surface area contributed by atoms with Crippen LogP contribution in [0.4, 0.5) is 14.5 Å². The lowest BCUT2D eigenvalue weighted by atomic mass is 10.1. The van der Waals surface area contributed by atoms with Gasteiger partial charge < -0.3 is 4.90 Å². The summed E-state index contributed by atoms with van der Waals surface area (Å²) in [4.78, 5) is 15.1. The number of alkyl halides is 2. The number of thioether (sulfide) groups is 1. The molecule has 1 aromatic carbocycles. The zero-order chi connectivity index (χ0) is 17.1. The van der Waals surface area contributed by atoms with Gasteiger partial charge in [0.15, 0.2) is 0 Å². The van der Waals surface area contributed by atoms with E-state index in [1.165, 1.54) is 4.90 Å². The van der Waals surface area contributed by atoms with Gasteiger partial charge >= 0.3 is 6.55 Å². The van der Waals surface area contributed by atoms with Gasteiger partial charge in [0.1, 0.15) is 0 Å². The van der Waals surface area contributed by atoms with Gasteiger partial charge in [-0.3, -0.25) is 4.79 Å². The van der Waals surface area contributed by atoms with Crippen LogP contribution in [0.3, 0.4) is 0 Å². The minimum Gasteiger partial charge on any atom is -0.315 e. The molecule has 0 radical (unpaired) electrons. The summed E-state index contributed by atoms with van der Waals surface area (Å²) in [6.45, 7) is 0.500. The molecule has 0 saturated carbocycles. The lowest BCUT2D eigenvalue weighted by Gasteiger charge is -2.18. The van der Waals surface area contributed by atoms with Crippen molar-refractivity contribution in [2.24, 2.45) is 0 Å². The summed E-state index contributed by atoms with van der Waals surface area (Å²) in [5.74, 6) is -0.164. The molecule has 0 aliphatic rings. The van der Waals surface area contributed by atoms with Crippen LogP contribution in [-0.2, 0) is 11.2 Å². The first-order valence-corrected chi connectivity index (χ1v) is 8.31. The molecule has 2 rings (SSSR count). The maximum absolute atomic E-state index is 12.9. The Morgan fingerprint density at radius 1 is 1.39 bits per heavy atom. The number of nitrogens with zero attached hydrogens (tertiary/aromatic N) is 3. The van der Waals surface area contributed by atoms with Crippen LogP contribution in [0.2, 0.25) is 0 Å². The second kappa shape index (κ2) is 7.12. The largest absolute Gasteiger partial charge is 0.333 e. The third-order valence-electron chi connectivity index (χ3n) is 3.80. The summed E-state index contributed by atoms with van der Waals surface area (Å²) in [6.07, 6.45) is 2.01. The predicted molar refractivity (Wildman–Crippen MR) is 88.3 cm³/mol. The molecule has 1 heterocycles. The fraction of sp³-hybridized carbons (Fsp3) is 0.375. The Kier molecular flexibility index (Phi) is 5.41. The topological polar surface area (TPSA) is 38.1 Å². The van der Waals surface area contributed by atoms with Gasteiger partial charge in [-0.25, -0.2) is 4.68 Å². The molecule has 0 aliphatic carbocycles. The van der Waals surface area contributed by atoms with Gasteiger partial charge in [0, 0.05) is 28.9 Å². The predicted octanol–water partition coefficient (Wildman–Crippen LogP) is 3.82. The van der Waals surface area contributed by atoms with Crippen LogP contribution < -0.4 is 4.90 Å². The molecule has 1 aromatic heterocycles. The van der Waals surface area contributed by atoms with Crippen molar-refractivity contribution >= 4 is 23.4 Å². The monoisotopic (exact) mass is 339 g/mol. The molecule has 124 valence electrons. The molecule has 1 amide bonds. The molecular weight excluding hydrogens is 320 g/mol. The Balaban J connectivity index is 2.21. The maximum atomic E-state index is 12.9. The Hall–Kier alpha value is -1.89. The van der Waals surface area contributed by atoms with Crippen molar-refractivity contribution in [3.05, 3.63) is 41.2 Å². The van der Waals surface area contributed by atoms with Gasteiger partial charge in [-0.1, -0.05) is 6.07 Å². The number of carbonyl (C=O) groups excluding carboxylic acids is 1. The number of carbonyl (C=O) groups is 1. The highest BCUT2D eigenvalue weighted by molar-refractivity contribution is 7.98. The Labute approximate surface area is 138 Å². The third-order valence-corrected chi connectivity index (χ3v) is 4.53. The standard InChI is InChI=1S/C16H19F2N3OS/c1-10-14(11(2)21(19-10)16(17)18)9-15(22)20(3)12-6-5-7-13(8-12)23-4/h5-8,16H,9H2,1-4H3. The second-order valence-corrected chi connectivity index (χ2v) is 6.08. The highest BCUT2D eigenvalue weighted by Gasteiger charge is 2.21. The van der Waals surface area contributed by atoms with E-state index < -0.39 is 6.55 Å². The third kappa shape index (κ3) is 3.72. The van der Waals surface area contributed by atoms with Gasteiger partial charge in [-0.05, 0) is 38.3 Å². The number of hydrogen-bond acceptors (Lipinski definition) is 3. The van der Waals surface area contributed by atoms with E-state index in [-0.39, 0.29) is 12.3 Å². The first kappa shape index (κ1) is 17.5. The molecule has 0 saturated heterocycles. The summed E-state index contributed by atoms with van der Waals surface area (Å²) in [6, 6.07) is 7.62. The molecule has 23 heavy (non-hydrogen) atoms. The number of rotatable bonds is 5.